The second-order valence-electron chi connectivity index (χ2n) is 7.68. The monoisotopic (exact) mass is 420 g/mol. The standard InChI is InChI=1S/C21H25FN2O4S/c1-20(2)19(23)24-21(14-29(20,25)26,13-28-12-15-7-5-4-6-8-15)17-11-16(27-3)9-10-18(17)22/h4-11H,12-14H2,1-3H3,(H2,23,24). The lowest BCUT2D eigenvalue weighted by Crippen LogP contribution is -2.66. The lowest BCUT2D eigenvalue weighted by molar-refractivity contribution is 0.0688. The second kappa shape index (κ2) is 7.76. The van der Waals surface area contributed by atoms with Crippen LogP contribution < -0.4 is 10.1 Å². The van der Waals surface area contributed by atoms with Crippen LogP contribution in [0.5, 0.6) is 5.75 Å². The molecule has 6 nitrogen and oxygen atoms in total. The molecule has 0 spiro atoms. The molecule has 1 unspecified atom stereocenters. The highest BCUT2D eigenvalue weighted by Gasteiger charge is 2.53. The number of sulfone groups is 1. The number of hydrogen-bond donors (Lipinski definition) is 2. The summed E-state index contributed by atoms with van der Waals surface area (Å²) in [6.45, 7) is 3.03. The maximum absolute atomic E-state index is 14.8. The Morgan fingerprint density at radius 2 is 1.86 bits per heavy atom. The molecule has 156 valence electrons. The van der Waals surface area contributed by atoms with Crippen molar-refractivity contribution in [3.05, 3.63) is 65.5 Å². The van der Waals surface area contributed by atoms with Crippen molar-refractivity contribution >= 4 is 15.7 Å². The predicted molar refractivity (Wildman–Crippen MR) is 109 cm³/mol. The summed E-state index contributed by atoms with van der Waals surface area (Å²) in [4.78, 5) is 0. The zero-order valence-electron chi connectivity index (χ0n) is 16.7. The average molecular weight is 421 g/mol. The molecule has 2 N–H and O–H groups in total. The van der Waals surface area contributed by atoms with Crippen LogP contribution >= 0.6 is 0 Å². The van der Waals surface area contributed by atoms with E-state index in [2.05, 4.69) is 5.32 Å². The van der Waals surface area contributed by atoms with Gasteiger partial charge in [-0.3, -0.25) is 5.41 Å². The highest BCUT2D eigenvalue weighted by Crippen LogP contribution is 2.37. The zero-order valence-corrected chi connectivity index (χ0v) is 17.5. The Kier molecular flexibility index (Phi) is 5.69. The fourth-order valence-corrected chi connectivity index (χ4v) is 4.98. The Morgan fingerprint density at radius 3 is 2.48 bits per heavy atom. The van der Waals surface area contributed by atoms with Gasteiger partial charge in [0.05, 0.1) is 26.1 Å². The van der Waals surface area contributed by atoms with Crippen LogP contribution in [-0.2, 0) is 26.7 Å². The Labute approximate surface area is 170 Å². The van der Waals surface area contributed by atoms with E-state index >= 15 is 0 Å². The topological polar surface area (TPSA) is 88.5 Å². The van der Waals surface area contributed by atoms with Gasteiger partial charge in [0.1, 0.15) is 27.7 Å². The molecule has 0 bridgehead atoms. The first-order chi connectivity index (χ1) is 13.6. The van der Waals surface area contributed by atoms with Crippen LogP contribution in [0.3, 0.4) is 0 Å². The molecular weight excluding hydrogens is 395 g/mol. The van der Waals surface area contributed by atoms with E-state index in [0.29, 0.717) is 5.75 Å². The fourth-order valence-electron chi connectivity index (χ4n) is 3.30. The van der Waals surface area contributed by atoms with Crippen LogP contribution in [0, 0.1) is 11.2 Å². The highest BCUT2D eigenvalue weighted by molar-refractivity contribution is 7.93. The summed E-state index contributed by atoms with van der Waals surface area (Å²) >= 11 is 0. The number of ether oxygens (including phenoxy) is 2. The molecule has 2 aromatic carbocycles. The molecule has 1 heterocycles. The van der Waals surface area contributed by atoms with Gasteiger partial charge in [-0.05, 0) is 37.6 Å². The zero-order chi connectivity index (χ0) is 21.3. The SMILES string of the molecule is COc1ccc(F)c(C2(COCc3ccccc3)CS(=O)(=O)C(C)(C)C(=N)N2)c1. The maximum atomic E-state index is 14.8. The molecule has 2 aromatic rings. The van der Waals surface area contributed by atoms with Crippen molar-refractivity contribution < 1.29 is 22.3 Å². The van der Waals surface area contributed by atoms with E-state index in [0.717, 1.165) is 5.56 Å². The van der Waals surface area contributed by atoms with Crippen LogP contribution in [0.25, 0.3) is 0 Å². The van der Waals surface area contributed by atoms with Gasteiger partial charge in [-0.2, -0.15) is 0 Å². The van der Waals surface area contributed by atoms with Gasteiger partial charge in [0.2, 0.25) is 0 Å². The second-order valence-corrected chi connectivity index (χ2v) is 10.2. The number of amidine groups is 1. The molecule has 0 radical (unpaired) electrons. The van der Waals surface area contributed by atoms with Gasteiger partial charge in [-0.25, -0.2) is 12.8 Å². The van der Waals surface area contributed by atoms with E-state index in [4.69, 9.17) is 14.9 Å². The van der Waals surface area contributed by atoms with Gasteiger partial charge >= 0.3 is 0 Å². The number of rotatable bonds is 6. The molecule has 0 saturated carbocycles. The number of hydrogen-bond acceptors (Lipinski definition) is 5. The Hall–Kier alpha value is -2.45. The van der Waals surface area contributed by atoms with Gasteiger partial charge in [-0.1, -0.05) is 30.3 Å². The van der Waals surface area contributed by atoms with Gasteiger partial charge < -0.3 is 14.8 Å². The van der Waals surface area contributed by atoms with E-state index in [1.54, 1.807) is 0 Å². The average Bonchev–Trinajstić information content (AvgIpc) is 2.67. The Morgan fingerprint density at radius 1 is 1.17 bits per heavy atom. The van der Waals surface area contributed by atoms with Crippen molar-refractivity contribution in [3.8, 4) is 5.75 Å². The van der Waals surface area contributed by atoms with Crippen molar-refractivity contribution in [2.45, 2.75) is 30.7 Å². The normalized spacial score (nSPS) is 22.7. The maximum Gasteiger partial charge on any atom is 0.165 e. The van der Waals surface area contributed by atoms with Crippen LogP contribution in [0.4, 0.5) is 4.39 Å². The molecule has 1 fully saturated rings. The molecule has 0 amide bonds. The minimum absolute atomic E-state index is 0.0914. The summed E-state index contributed by atoms with van der Waals surface area (Å²) in [5, 5.41) is 11.3. The summed E-state index contributed by atoms with van der Waals surface area (Å²) in [5.74, 6) is -0.813. The van der Waals surface area contributed by atoms with E-state index in [9.17, 15) is 12.8 Å². The van der Waals surface area contributed by atoms with Crippen LogP contribution in [0.1, 0.15) is 25.0 Å². The first-order valence-electron chi connectivity index (χ1n) is 9.16. The smallest absolute Gasteiger partial charge is 0.165 e. The Bertz CT molecular complexity index is 1010. The van der Waals surface area contributed by atoms with Crippen molar-refractivity contribution in [1.29, 1.82) is 5.41 Å². The molecule has 0 aromatic heterocycles. The summed E-state index contributed by atoms with van der Waals surface area (Å²) in [5.41, 5.74) is -0.449. The summed E-state index contributed by atoms with van der Waals surface area (Å²) < 4.78 is 50.5. The predicted octanol–water partition coefficient (Wildman–Crippen LogP) is 3.02. The highest BCUT2D eigenvalue weighted by atomic mass is 32.2. The molecule has 8 heteroatoms. The van der Waals surface area contributed by atoms with Gasteiger partial charge in [-0.15, -0.1) is 0 Å². The van der Waals surface area contributed by atoms with Crippen molar-refractivity contribution in [3.63, 3.8) is 0 Å². The largest absolute Gasteiger partial charge is 0.497 e. The van der Waals surface area contributed by atoms with E-state index in [-0.39, 0.29) is 24.6 Å². The summed E-state index contributed by atoms with van der Waals surface area (Å²) in [7, 11) is -2.32. The molecule has 29 heavy (non-hydrogen) atoms. The third kappa shape index (κ3) is 4.00. The quantitative estimate of drug-likeness (QED) is 0.750. The third-order valence-electron chi connectivity index (χ3n) is 5.33. The lowest BCUT2D eigenvalue weighted by Gasteiger charge is -2.45. The Balaban J connectivity index is 2.01. The van der Waals surface area contributed by atoms with Crippen LogP contribution in [0.2, 0.25) is 0 Å². The van der Waals surface area contributed by atoms with Gasteiger partial charge in [0.15, 0.2) is 9.84 Å². The number of methoxy groups -OCH3 is 1. The van der Waals surface area contributed by atoms with Crippen molar-refractivity contribution in [1.82, 2.24) is 5.32 Å². The first kappa shape index (κ1) is 21.3. The summed E-state index contributed by atoms with van der Waals surface area (Å²) in [6, 6.07) is 13.5. The number of benzene rings is 2. The summed E-state index contributed by atoms with van der Waals surface area (Å²) in [6.07, 6.45) is 0. The molecule has 1 aliphatic rings. The van der Waals surface area contributed by atoms with E-state index in [1.165, 1.54) is 39.2 Å². The molecule has 1 atom stereocenters. The van der Waals surface area contributed by atoms with E-state index < -0.39 is 31.7 Å². The van der Waals surface area contributed by atoms with Crippen LogP contribution in [0.15, 0.2) is 48.5 Å². The number of nitrogens with one attached hydrogen (secondary N) is 2. The first-order valence-corrected chi connectivity index (χ1v) is 10.8. The van der Waals surface area contributed by atoms with Gasteiger partial charge in [0.25, 0.3) is 0 Å². The number of halogens is 1. The molecular formula is C21H25FN2O4S. The molecule has 1 saturated heterocycles. The lowest BCUT2D eigenvalue weighted by atomic mass is 9.90. The molecule has 3 rings (SSSR count). The van der Waals surface area contributed by atoms with Crippen LogP contribution in [-0.4, -0.2) is 38.5 Å². The minimum Gasteiger partial charge on any atom is -0.497 e. The van der Waals surface area contributed by atoms with E-state index in [1.807, 2.05) is 30.3 Å². The van der Waals surface area contributed by atoms with Crippen molar-refractivity contribution in [2.24, 2.45) is 0 Å². The molecule has 1 aliphatic heterocycles. The van der Waals surface area contributed by atoms with Gasteiger partial charge in [0, 0.05) is 5.56 Å². The fraction of sp³-hybridized carbons (Fsp3) is 0.381. The van der Waals surface area contributed by atoms with Crippen molar-refractivity contribution in [2.75, 3.05) is 19.5 Å². The minimum atomic E-state index is -3.77. The molecule has 0 aliphatic carbocycles. The third-order valence-corrected chi connectivity index (χ3v) is 7.96.